The van der Waals surface area contributed by atoms with Crippen LogP contribution < -0.4 is 5.32 Å². The number of carbonyl (C=O) groups excluding carboxylic acids is 1. The van der Waals surface area contributed by atoms with E-state index < -0.39 is 0 Å². The first-order chi connectivity index (χ1) is 8.72. The maximum absolute atomic E-state index is 12.1. The third kappa shape index (κ3) is 2.22. The Morgan fingerprint density at radius 3 is 3.17 bits per heavy atom. The zero-order valence-electron chi connectivity index (χ0n) is 10.2. The Morgan fingerprint density at radius 2 is 2.39 bits per heavy atom. The van der Waals surface area contributed by atoms with Crippen LogP contribution in [0.2, 0.25) is 0 Å². The Hall–Kier alpha value is -1.49. The molecule has 0 spiro atoms. The number of pyridine rings is 1. The summed E-state index contributed by atoms with van der Waals surface area (Å²) in [4.78, 5) is 16.4. The summed E-state index contributed by atoms with van der Waals surface area (Å²) in [5.74, 6) is 2.18. The maximum Gasteiger partial charge on any atom is 0.253 e. The van der Waals surface area contributed by atoms with Crippen LogP contribution in [0.1, 0.15) is 22.5 Å². The molecule has 0 aromatic carbocycles. The van der Waals surface area contributed by atoms with Crippen LogP contribution in [-0.4, -0.2) is 32.8 Å². The van der Waals surface area contributed by atoms with Gasteiger partial charge in [0, 0.05) is 24.2 Å². The second-order valence-electron chi connectivity index (χ2n) is 4.60. The van der Waals surface area contributed by atoms with Gasteiger partial charge in [-0.15, -0.1) is 0 Å². The first-order valence-electron chi connectivity index (χ1n) is 6.06. The van der Waals surface area contributed by atoms with Gasteiger partial charge < -0.3 is 9.72 Å². The molecule has 2 aromatic heterocycles. The molecule has 5 heteroatoms. The average molecular weight is 261 g/mol. The number of thioether (sulfide) groups is 1. The highest BCUT2D eigenvalue weighted by Crippen LogP contribution is 2.17. The van der Waals surface area contributed by atoms with E-state index in [1.165, 1.54) is 0 Å². The molecule has 18 heavy (non-hydrogen) atoms. The molecule has 1 atom stereocenters. The van der Waals surface area contributed by atoms with E-state index in [0.717, 1.165) is 29.3 Å². The quantitative estimate of drug-likeness (QED) is 0.898. The molecular weight excluding hydrogens is 246 g/mol. The summed E-state index contributed by atoms with van der Waals surface area (Å²) in [5.41, 5.74) is 2.53. The molecule has 1 unspecified atom stereocenters. The topological polar surface area (TPSA) is 46.4 Å². The standard InChI is InChI=1S/C13H15N3OS/c1-9-6-16-7-10(2-3-12(16)14-9)13(17)15-11-4-5-18-8-11/h2-3,6-7,11H,4-5,8H2,1H3,(H,15,17). The van der Waals surface area contributed by atoms with Crippen molar-refractivity contribution in [1.29, 1.82) is 0 Å². The zero-order valence-corrected chi connectivity index (χ0v) is 11.0. The summed E-state index contributed by atoms with van der Waals surface area (Å²) in [7, 11) is 0. The number of aryl methyl sites for hydroxylation is 1. The van der Waals surface area contributed by atoms with Crippen molar-refractivity contribution in [3.63, 3.8) is 0 Å². The minimum absolute atomic E-state index is 0.00996. The fourth-order valence-corrected chi connectivity index (χ4v) is 3.32. The average Bonchev–Trinajstić information content (AvgIpc) is 2.95. The minimum Gasteiger partial charge on any atom is -0.348 e. The van der Waals surface area contributed by atoms with Crippen molar-refractivity contribution in [2.75, 3.05) is 11.5 Å². The monoisotopic (exact) mass is 261 g/mol. The fraction of sp³-hybridized carbons (Fsp3) is 0.385. The fourth-order valence-electron chi connectivity index (χ4n) is 2.17. The number of hydrogen-bond acceptors (Lipinski definition) is 3. The Morgan fingerprint density at radius 1 is 1.50 bits per heavy atom. The van der Waals surface area contributed by atoms with Crippen molar-refractivity contribution in [2.45, 2.75) is 19.4 Å². The lowest BCUT2D eigenvalue weighted by Gasteiger charge is -2.11. The lowest BCUT2D eigenvalue weighted by Crippen LogP contribution is -2.34. The minimum atomic E-state index is 0.00996. The van der Waals surface area contributed by atoms with Crippen molar-refractivity contribution < 1.29 is 4.79 Å². The van der Waals surface area contributed by atoms with E-state index in [1.54, 1.807) is 0 Å². The van der Waals surface area contributed by atoms with Gasteiger partial charge in [0.2, 0.25) is 0 Å². The van der Waals surface area contributed by atoms with Crippen molar-refractivity contribution in [3.05, 3.63) is 35.8 Å². The highest BCUT2D eigenvalue weighted by Gasteiger charge is 2.18. The number of amides is 1. The van der Waals surface area contributed by atoms with Gasteiger partial charge in [-0.25, -0.2) is 4.98 Å². The summed E-state index contributed by atoms with van der Waals surface area (Å²) in [6.45, 7) is 1.95. The van der Waals surface area contributed by atoms with Crippen LogP contribution in [0, 0.1) is 6.92 Å². The molecule has 0 saturated carbocycles. The highest BCUT2D eigenvalue weighted by molar-refractivity contribution is 7.99. The van der Waals surface area contributed by atoms with Crippen LogP contribution in [0.15, 0.2) is 24.5 Å². The van der Waals surface area contributed by atoms with Gasteiger partial charge in [-0.2, -0.15) is 11.8 Å². The van der Waals surface area contributed by atoms with Crippen LogP contribution in [0.25, 0.3) is 5.65 Å². The Labute approximate surface area is 110 Å². The molecule has 0 bridgehead atoms. The molecule has 1 saturated heterocycles. The van der Waals surface area contributed by atoms with Gasteiger partial charge in [-0.3, -0.25) is 4.79 Å². The number of aromatic nitrogens is 2. The molecular formula is C13H15N3OS. The van der Waals surface area contributed by atoms with Crippen LogP contribution >= 0.6 is 11.8 Å². The largest absolute Gasteiger partial charge is 0.348 e. The molecule has 2 aromatic rings. The second kappa shape index (κ2) is 4.65. The van der Waals surface area contributed by atoms with E-state index in [9.17, 15) is 4.79 Å². The molecule has 1 aliphatic heterocycles. The first-order valence-corrected chi connectivity index (χ1v) is 7.22. The molecule has 1 fully saturated rings. The van der Waals surface area contributed by atoms with E-state index in [2.05, 4.69) is 10.3 Å². The number of rotatable bonds is 2. The summed E-state index contributed by atoms with van der Waals surface area (Å²) in [6.07, 6.45) is 4.84. The summed E-state index contributed by atoms with van der Waals surface area (Å²) >= 11 is 1.90. The van der Waals surface area contributed by atoms with Gasteiger partial charge >= 0.3 is 0 Å². The number of hydrogen-bond donors (Lipinski definition) is 1. The molecule has 1 aliphatic rings. The highest BCUT2D eigenvalue weighted by atomic mass is 32.2. The van der Waals surface area contributed by atoms with E-state index in [-0.39, 0.29) is 5.91 Å². The van der Waals surface area contributed by atoms with Gasteiger partial charge in [0.25, 0.3) is 5.91 Å². The Balaban J connectivity index is 1.81. The number of nitrogens with one attached hydrogen (secondary N) is 1. The number of nitrogens with zero attached hydrogens (tertiary/aromatic N) is 2. The number of carbonyl (C=O) groups is 1. The first kappa shape index (κ1) is 11.6. The van der Waals surface area contributed by atoms with Crippen molar-refractivity contribution in [2.24, 2.45) is 0 Å². The molecule has 1 amide bonds. The lowest BCUT2D eigenvalue weighted by atomic mass is 10.2. The maximum atomic E-state index is 12.1. The summed E-state index contributed by atoms with van der Waals surface area (Å²) in [6, 6.07) is 4.03. The molecule has 0 radical (unpaired) electrons. The van der Waals surface area contributed by atoms with E-state index in [1.807, 2.05) is 47.6 Å². The molecule has 3 rings (SSSR count). The molecule has 1 N–H and O–H groups in total. The summed E-state index contributed by atoms with van der Waals surface area (Å²) in [5, 5.41) is 3.07. The second-order valence-corrected chi connectivity index (χ2v) is 5.75. The third-order valence-electron chi connectivity index (χ3n) is 3.10. The van der Waals surface area contributed by atoms with Crippen LogP contribution in [0.4, 0.5) is 0 Å². The van der Waals surface area contributed by atoms with E-state index in [4.69, 9.17) is 0 Å². The Bertz CT molecular complexity index is 587. The smallest absolute Gasteiger partial charge is 0.253 e. The normalized spacial score (nSPS) is 19.3. The van der Waals surface area contributed by atoms with Gasteiger partial charge in [-0.1, -0.05) is 0 Å². The lowest BCUT2D eigenvalue weighted by molar-refractivity contribution is 0.0940. The van der Waals surface area contributed by atoms with Crippen molar-refractivity contribution in [1.82, 2.24) is 14.7 Å². The predicted octanol–water partition coefficient (Wildman–Crippen LogP) is 1.88. The van der Waals surface area contributed by atoms with Crippen molar-refractivity contribution in [3.8, 4) is 0 Å². The van der Waals surface area contributed by atoms with E-state index in [0.29, 0.717) is 11.6 Å². The molecule has 94 valence electrons. The van der Waals surface area contributed by atoms with Gasteiger partial charge in [0.05, 0.1) is 11.3 Å². The van der Waals surface area contributed by atoms with Crippen molar-refractivity contribution >= 4 is 23.3 Å². The van der Waals surface area contributed by atoms with Gasteiger partial charge in [-0.05, 0) is 31.2 Å². The van der Waals surface area contributed by atoms with Crippen LogP contribution in [0.5, 0.6) is 0 Å². The van der Waals surface area contributed by atoms with E-state index >= 15 is 0 Å². The Kier molecular flexibility index (Phi) is 2.99. The molecule has 4 nitrogen and oxygen atoms in total. The van der Waals surface area contributed by atoms with Crippen LogP contribution in [-0.2, 0) is 0 Å². The number of imidazole rings is 1. The SMILES string of the molecule is Cc1cn2cc(C(=O)NC3CCSC3)ccc2n1. The zero-order chi connectivity index (χ0) is 12.5. The molecule has 0 aliphatic carbocycles. The van der Waals surface area contributed by atoms with Gasteiger partial charge in [0.15, 0.2) is 0 Å². The van der Waals surface area contributed by atoms with Gasteiger partial charge in [0.1, 0.15) is 5.65 Å². The number of fused-ring (bicyclic) bond motifs is 1. The third-order valence-corrected chi connectivity index (χ3v) is 4.26. The molecule has 3 heterocycles. The van der Waals surface area contributed by atoms with Crippen LogP contribution in [0.3, 0.4) is 0 Å². The summed E-state index contributed by atoms with van der Waals surface area (Å²) < 4.78 is 1.90. The predicted molar refractivity (Wildman–Crippen MR) is 73.1 cm³/mol.